The van der Waals surface area contributed by atoms with Crippen molar-refractivity contribution in [3.63, 3.8) is 0 Å². The predicted molar refractivity (Wildman–Crippen MR) is 133 cm³/mol. The summed E-state index contributed by atoms with van der Waals surface area (Å²) in [5, 5.41) is 0. The number of rotatable bonds is 6. The molecule has 182 valence electrons. The smallest absolute Gasteiger partial charge is 0.289 e. The van der Waals surface area contributed by atoms with E-state index in [1.807, 2.05) is 28.9 Å². The van der Waals surface area contributed by atoms with Gasteiger partial charge in [0, 0.05) is 26.1 Å². The monoisotopic (exact) mass is 472 g/mol. The largest absolute Gasteiger partial charge is 0.486 e. The number of amides is 2. The lowest BCUT2D eigenvalue weighted by molar-refractivity contribution is -0.132. The van der Waals surface area contributed by atoms with Crippen molar-refractivity contribution in [3.05, 3.63) is 88.4 Å². The standard InChI is InChI=1S/C29H32N2O4/c1-3-27(32)31-16-13-21-9-10-23(18-25(21)28(31)22-8-6-7-20(2)17-22)34-19-24-11-12-26(35-24)29(33)30-14-4-5-15-30/h6-12,17-18,28H,3-5,13-16,19H2,1-2H3/t28-/m1/s1. The molecular weight excluding hydrogens is 440 g/mol. The fraction of sp³-hybridized carbons (Fsp3) is 0.379. The Morgan fingerprint density at radius 1 is 1.03 bits per heavy atom. The third kappa shape index (κ3) is 4.83. The van der Waals surface area contributed by atoms with Crippen LogP contribution in [-0.2, 0) is 17.8 Å². The van der Waals surface area contributed by atoms with Gasteiger partial charge >= 0.3 is 0 Å². The maximum Gasteiger partial charge on any atom is 0.289 e. The van der Waals surface area contributed by atoms with E-state index in [-0.39, 0.29) is 24.5 Å². The third-order valence-electron chi connectivity index (χ3n) is 6.97. The third-order valence-corrected chi connectivity index (χ3v) is 6.97. The highest BCUT2D eigenvalue weighted by atomic mass is 16.5. The van der Waals surface area contributed by atoms with Gasteiger partial charge < -0.3 is 19.0 Å². The molecule has 0 bridgehead atoms. The molecule has 6 nitrogen and oxygen atoms in total. The lowest BCUT2D eigenvalue weighted by Gasteiger charge is -2.38. The van der Waals surface area contributed by atoms with Crippen LogP contribution in [0.3, 0.4) is 0 Å². The topological polar surface area (TPSA) is 63.0 Å². The number of hydrogen-bond acceptors (Lipinski definition) is 4. The van der Waals surface area contributed by atoms with Crippen LogP contribution in [0.1, 0.15) is 70.8 Å². The molecule has 0 aliphatic carbocycles. The van der Waals surface area contributed by atoms with E-state index in [9.17, 15) is 9.59 Å². The molecule has 3 aromatic rings. The first-order chi connectivity index (χ1) is 17.0. The van der Waals surface area contributed by atoms with Crippen LogP contribution in [0.25, 0.3) is 0 Å². The number of carbonyl (C=O) groups is 2. The molecule has 35 heavy (non-hydrogen) atoms. The molecule has 2 amide bonds. The van der Waals surface area contributed by atoms with Crippen molar-refractivity contribution in [2.45, 2.75) is 52.2 Å². The van der Waals surface area contributed by atoms with Gasteiger partial charge in [0.25, 0.3) is 5.91 Å². The Morgan fingerprint density at radius 3 is 2.63 bits per heavy atom. The maximum atomic E-state index is 12.8. The van der Waals surface area contributed by atoms with E-state index in [2.05, 4.69) is 37.3 Å². The van der Waals surface area contributed by atoms with Crippen molar-refractivity contribution in [1.29, 1.82) is 0 Å². The van der Waals surface area contributed by atoms with E-state index >= 15 is 0 Å². The molecule has 0 saturated carbocycles. The summed E-state index contributed by atoms with van der Waals surface area (Å²) in [4.78, 5) is 29.2. The van der Waals surface area contributed by atoms with Gasteiger partial charge in [-0.3, -0.25) is 9.59 Å². The minimum absolute atomic E-state index is 0.0517. The molecule has 2 aromatic carbocycles. The first-order valence-corrected chi connectivity index (χ1v) is 12.5. The Labute approximate surface area is 206 Å². The minimum atomic E-state index is -0.136. The second-order valence-electron chi connectivity index (χ2n) is 9.42. The number of aryl methyl sites for hydroxylation is 1. The molecule has 1 atom stereocenters. The summed E-state index contributed by atoms with van der Waals surface area (Å²) in [5.74, 6) is 1.80. The van der Waals surface area contributed by atoms with Crippen LogP contribution in [0.5, 0.6) is 5.75 Å². The molecule has 6 heteroatoms. The number of nitrogens with zero attached hydrogens (tertiary/aromatic N) is 2. The van der Waals surface area contributed by atoms with Crippen LogP contribution < -0.4 is 4.74 Å². The van der Waals surface area contributed by atoms with Crippen LogP contribution in [0.4, 0.5) is 0 Å². The Hall–Kier alpha value is -3.54. The average molecular weight is 473 g/mol. The van der Waals surface area contributed by atoms with Crippen molar-refractivity contribution in [2.24, 2.45) is 0 Å². The molecule has 0 unspecified atom stereocenters. The van der Waals surface area contributed by atoms with E-state index in [1.165, 1.54) is 11.1 Å². The molecule has 2 aliphatic heterocycles. The Morgan fingerprint density at radius 2 is 1.86 bits per heavy atom. The highest BCUT2D eigenvalue weighted by molar-refractivity contribution is 5.91. The zero-order valence-electron chi connectivity index (χ0n) is 20.5. The summed E-state index contributed by atoms with van der Waals surface area (Å²) in [6.45, 7) is 6.51. The normalized spacial score (nSPS) is 17.4. The first kappa shape index (κ1) is 23.2. The van der Waals surface area contributed by atoms with Gasteiger partial charge in [-0.05, 0) is 67.1 Å². The molecule has 2 aliphatic rings. The minimum Gasteiger partial charge on any atom is -0.486 e. The number of ether oxygens (including phenoxy) is 1. The summed E-state index contributed by atoms with van der Waals surface area (Å²) in [6.07, 6.45) is 3.39. The van der Waals surface area contributed by atoms with Crippen molar-refractivity contribution in [1.82, 2.24) is 9.80 Å². The molecule has 3 heterocycles. The molecule has 0 N–H and O–H groups in total. The Bertz CT molecular complexity index is 1220. The summed E-state index contributed by atoms with van der Waals surface area (Å²) < 4.78 is 11.9. The zero-order chi connectivity index (χ0) is 24.4. The number of likely N-dealkylation sites (tertiary alicyclic amines) is 1. The average Bonchev–Trinajstić information content (AvgIpc) is 3.58. The van der Waals surface area contributed by atoms with Crippen LogP contribution in [0, 0.1) is 6.92 Å². The number of hydrogen-bond donors (Lipinski definition) is 0. The summed E-state index contributed by atoms with van der Waals surface area (Å²) in [5.41, 5.74) is 4.62. The summed E-state index contributed by atoms with van der Waals surface area (Å²) in [7, 11) is 0. The molecule has 0 radical (unpaired) electrons. The maximum absolute atomic E-state index is 12.8. The van der Waals surface area contributed by atoms with Gasteiger partial charge in [-0.1, -0.05) is 42.8 Å². The van der Waals surface area contributed by atoms with E-state index in [0.717, 1.165) is 49.2 Å². The van der Waals surface area contributed by atoms with Gasteiger partial charge in [0.1, 0.15) is 18.1 Å². The lowest BCUT2D eigenvalue weighted by atomic mass is 9.87. The van der Waals surface area contributed by atoms with Gasteiger partial charge in [-0.15, -0.1) is 0 Å². The number of furan rings is 1. The van der Waals surface area contributed by atoms with Gasteiger partial charge in [-0.25, -0.2) is 0 Å². The SMILES string of the molecule is CCC(=O)N1CCc2ccc(OCc3ccc(C(=O)N4CCCC4)o3)cc2[C@H]1c1cccc(C)c1. The van der Waals surface area contributed by atoms with Gasteiger partial charge in [-0.2, -0.15) is 0 Å². The van der Waals surface area contributed by atoms with E-state index in [1.54, 1.807) is 12.1 Å². The molecule has 0 spiro atoms. The van der Waals surface area contributed by atoms with Crippen molar-refractivity contribution >= 4 is 11.8 Å². The Balaban J connectivity index is 1.37. The highest BCUT2D eigenvalue weighted by Crippen LogP contribution is 2.38. The van der Waals surface area contributed by atoms with Gasteiger partial charge in [0.15, 0.2) is 5.76 Å². The lowest BCUT2D eigenvalue weighted by Crippen LogP contribution is -2.40. The molecule has 1 saturated heterocycles. The van der Waals surface area contributed by atoms with E-state index < -0.39 is 0 Å². The molecule has 5 rings (SSSR count). The second kappa shape index (κ2) is 9.98. The summed E-state index contributed by atoms with van der Waals surface area (Å²) >= 11 is 0. The van der Waals surface area contributed by atoms with Gasteiger partial charge in [0.05, 0.1) is 6.04 Å². The van der Waals surface area contributed by atoms with E-state index in [0.29, 0.717) is 24.5 Å². The van der Waals surface area contributed by atoms with Crippen LogP contribution in [-0.4, -0.2) is 41.2 Å². The summed E-state index contributed by atoms with van der Waals surface area (Å²) in [6, 6.07) is 17.9. The number of benzene rings is 2. The van der Waals surface area contributed by atoms with Crippen molar-refractivity contribution in [2.75, 3.05) is 19.6 Å². The van der Waals surface area contributed by atoms with E-state index in [4.69, 9.17) is 9.15 Å². The van der Waals surface area contributed by atoms with Crippen molar-refractivity contribution in [3.8, 4) is 5.75 Å². The highest BCUT2D eigenvalue weighted by Gasteiger charge is 2.32. The van der Waals surface area contributed by atoms with Crippen LogP contribution >= 0.6 is 0 Å². The zero-order valence-corrected chi connectivity index (χ0v) is 20.5. The van der Waals surface area contributed by atoms with Crippen LogP contribution in [0.15, 0.2) is 59.0 Å². The van der Waals surface area contributed by atoms with Crippen molar-refractivity contribution < 1.29 is 18.7 Å². The first-order valence-electron chi connectivity index (χ1n) is 12.5. The fourth-order valence-electron chi connectivity index (χ4n) is 5.16. The number of carbonyl (C=O) groups excluding carboxylic acids is 2. The van der Waals surface area contributed by atoms with Gasteiger partial charge in [0.2, 0.25) is 5.91 Å². The molecule has 1 fully saturated rings. The molecular formula is C29H32N2O4. The fourth-order valence-corrected chi connectivity index (χ4v) is 5.16. The quantitative estimate of drug-likeness (QED) is 0.489. The molecule has 1 aromatic heterocycles. The van der Waals surface area contributed by atoms with Crippen LogP contribution in [0.2, 0.25) is 0 Å². The number of fused-ring (bicyclic) bond motifs is 1. The second-order valence-corrected chi connectivity index (χ2v) is 9.42. The Kier molecular flexibility index (Phi) is 6.62. The predicted octanol–water partition coefficient (Wildman–Crippen LogP) is 5.29.